The van der Waals surface area contributed by atoms with Crippen molar-refractivity contribution in [1.82, 2.24) is 9.55 Å². The molecule has 0 bridgehead atoms. The molecular weight excluding hydrogens is 358 g/mol. The van der Waals surface area contributed by atoms with Crippen molar-refractivity contribution >= 4 is 34.3 Å². The van der Waals surface area contributed by atoms with Crippen LogP contribution in [0.4, 0.5) is 5.69 Å². The van der Waals surface area contributed by atoms with E-state index in [1.54, 1.807) is 13.1 Å². The second-order valence-corrected chi connectivity index (χ2v) is 7.80. The molecule has 3 aromatic rings. The summed E-state index contributed by atoms with van der Waals surface area (Å²) in [7, 11) is 1.69. The first-order valence-electron chi connectivity index (χ1n) is 8.94. The number of para-hydroxylation sites is 2. The Kier molecular flexibility index (Phi) is 5.65. The molecule has 1 aromatic heterocycles. The number of nitrogens with one attached hydrogen (secondary N) is 1. The van der Waals surface area contributed by atoms with Gasteiger partial charge < -0.3 is 5.32 Å². The minimum atomic E-state index is -0.395. The molecular formula is C21H23N3O2S. The molecule has 6 heteroatoms. The average Bonchev–Trinajstić information content (AvgIpc) is 2.67. The van der Waals surface area contributed by atoms with Crippen molar-refractivity contribution in [3.05, 3.63) is 63.9 Å². The van der Waals surface area contributed by atoms with Crippen LogP contribution >= 0.6 is 11.8 Å². The minimum absolute atomic E-state index is 0.105. The molecule has 0 radical (unpaired) electrons. The number of thioether (sulfide) groups is 1. The lowest BCUT2D eigenvalue weighted by Gasteiger charge is -2.17. The van der Waals surface area contributed by atoms with Gasteiger partial charge in [0.1, 0.15) is 0 Å². The molecule has 5 nitrogen and oxygen atoms in total. The van der Waals surface area contributed by atoms with Crippen LogP contribution in [0.15, 0.2) is 52.4 Å². The van der Waals surface area contributed by atoms with E-state index in [9.17, 15) is 9.59 Å². The minimum Gasteiger partial charge on any atom is -0.325 e. The monoisotopic (exact) mass is 381 g/mol. The van der Waals surface area contributed by atoms with Gasteiger partial charge in [-0.2, -0.15) is 0 Å². The number of amides is 1. The molecule has 0 fully saturated rings. The Labute approximate surface area is 162 Å². The quantitative estimate of drug-likeness (QED) is 0.537. The standard InChI is InChI=1S/C21H23N3O2S/c1-5-15-10-8-9-13(2)18(15)23-19(25)14(3)27-21-22-17-12-7-6-11-16(17)20(26)24(21)4/h6-12,14H,5H2,1-4H3,(H,23,25). The lowest BCUT2D eigenvalue weighted by atomic mass is 10.1. The first kappa shape index (κ1) is 19.2. The maximum absolute atomic E-state index is 12.7. The van der Waals surface area contributed by atoms with Crippen molar-refractivity contribution in [2.45, 2.75) is 37.6 Å². The van der Waals surface area contributed by atoms with Crippen LogP contribution in [0, 0.1) is 6.92 Å². The largest absolute Gasteiger partial charge is 0.325 e. The Morgan fingerprint density at radius 2 is 1.96 bits per heavy atom. The van der Waals surface area contributed by atoms with E-state index < -0.39 is 5.25 Å². The summed E-state index contributed by atoms with van der Waals surface area (Å²) in [6.07, 6.45) is 0.847. The zero-order valence-corrected chi connectivity index (χ0v) is 16.8. The molecule has 0 saturated heterocycles. The summed E-state index contributed by atoms with van der Waals surface area (Å²) in [6.45, 7) is 5.88. The Morgan fingerprint density at radius 3 is 2.70 bits per heavy atom. The zero-order chi connectivity index (χ0) is 19.6. The fraction of sp³-hybridized carbons (Fsp3) is 0.286. The molecule has 27 heavy (non-hydrogen) atoms. The lowest BCUT2D eigenvalue weighted by Crippen LogP contribution is -2.26. The Bertz CT molecular complexity index is 1060. The second kappa shape index (κ2) is 7.96. The van der Waals surface area contributed by atoms with E-state index in [-0.39, 0.29) is 11.5 Å². The fourth-order valence-electron chi connectivity index (χ4n) is 2.94. The Morgan fingerprint density at radius 1 is 1.22 bits per heavy atom. The van der Waals surface area contributed by atoms with Gasteiger partial charge in [0.05, 0.1) is 16.2 Å². The zero-order valence-electron chi connectivity index (χ0n) is 15.9. The van der Waals surface area contributed by atoms with Crippen molar-refractivity contribution in [1.29, 1.82) is 0 Å². The van der Waals surface area contributed by atoms with Crippen LogP contribution in [0.5, 0.6) is 0 Å². The average molecular weight is 382 g/mol. The molecule has 3 rings (SSSR count). The second-order valence-electron chi connectivity index (χ2n) is 6.49. The molecule has 2 aromatic carbocycles. The highest BCUT2D eigenvalue weighted by molar-refractivity contribution is 8.00. The van der Waals surface area contributed by atoms with Gasteiger partial charge in [-0.25, -0.2) is 4.98 Å². The SMILES string of the molecule is CCc1cccc(C)c1NC(=O)C(C)Sc1nc2ccccc2c(=O)n1C. The topological polar surface area (TPSA) is 64.0 Å². The van der Waals surface area contributed by atoms with Crippen molar-refractivity contribution in [3.63, 3.8) is 0 Å². The van der Waals surface area contributed by atoms with Gasteiger partial charge in [-0.1, -0.05) is 49.0 Å². The van der Waals surface area contributed by atoms with Gasteiger partial charge in [-0.15, -0.1) is 0 Å². The smallest absolute Gasteiger partial charge is 0.261 e. The highest BCUT2D eigenvalue weighted by Gasteiger charge is 2.19. The van der Waals surface area contributed by atoms with Gasteiger partial charge in [0.15, 0.2) is 5.16 Å². The van der Waals surface area contributed by atoms with Gasteiger partial charge in [-0.3, -0.25) is 14.2 Å². The Balaban J connectivity index is 1.85. The molecule has 1 heterocycles. The summed E-state index contributed by atoms with van der Waals surface area (Å²) < 4.78 is 1.50. The van der Waals surface area contributed by atoms with Gasteiger partial charge in [0.25, 0.3) is 5.56 Å². The number of carbonyl (C=O) groups is 1. The van der Waals surface area contributed by atoms with Gasteiger partial charge in [-0.05, 0) is 43.5 Å². The van der Waals surface area contributed by atoms with Crippen LogP contribution < -0.4 is 10.9 Å². The number of nitrogens with zero attached hydrogens (tertiary/aromatic N) is 2. The molecule has 1 N–H and O–H groups in total. The molecule has 0 aliphatic rings. The van der Waals surface area contributed by atoms with Crippen LogP contribution in [-0.4, -0.2) is 20.7 Å². The first-order chi connectivity index (χ1) is 12.9. The van der Waals surface area contributed by atoms with Crippen LogP contribution in [0.2, 0.25) is 0 Å². The van der Waals surface area contributed by atoms with E-state index in [0.29, 0.717) is 16.1 Å². The van der Waals surface area contributed by atoms with E-state index in [4.69, 9.17) is 0 Å². The summed E-state index contributed by atoms with van der Waals surface area (Å²) in [4.78, 5) is 29.8. The molecule has 1 unspecified atom stereocenters. The van der Waals surface area contributed by atoms with Crippen molar-refractivity contribution in [3.8, 4) is 0 Å². The van der Waals surface area contributed by atoms with Crippen molar-refractivity contribution in [2.75, 3.05) is 5.32 Å². The van der Waals surface area contributed by atoms with Gasteiger partial charge in [0, 0.05) is 12.7 Å². The third-order valence-electron chi connectivity index (χ3n) is 4.58. The number of aromatic nitrogens is 2. The van der Waals surface area contributed by atoms with Crippen molar-refractivity contribution < 1.29 is 4.79 Å². The predicted octanol–water partition coefficient (Wildman–Crippen LogP) is 3.92. The first-order valence-corrected chi connectivity index (χ1v) is 9.82. The Hall–Kier alpha value is -2.60. The number of fused-ring (bicyclic) bond motifs is 1. The van der Waals surface area contributed by atoms with Crippen LogP contribution in [0.25, 0.3) is 10.9 Å². The summed E-state index contributed by atoms with van der Waals surface area (Å²) in [5.74, 6) is -0.105. The lowest BCUT2D eigenvalue weighted by molar-refractivity contribution is -0.115. The molecule has 0 spiro atoms. The van der Waals surface area contributed by atoms with E-state index in [1.807, 2.05) is 50.2 Å². The molecule has 0 saturated carbocycles. The molecule has 0 aliphatic carbocycles. The fourth-order valence-corrected chi connectivity index (χ4v) is 3.82. The highest BCUT2D eigenvalue weighted by Crippen LogP contribution is 2.25. The number of carbonyl (C=O) groups excluding carboxylic acids is 1. The van der Waals surface area contributed by atoms with Crippen LogP contribution in [0.3, 0.4) is 0 Å². The van der Waals surface area contributed by atoms with Crippen LogP contribution in [0.1, 0.15) is 25.0 Å². The maximum atomic E-state index is 12.7. The van der Waals surface area contributed by atoms with Gasteiger partial charge >= 0.3 is 0 Å². The predicted molar refractivity (Wildman–Crippen MR) is 111 cm³/mol. The molecule has 1 atom stereocenters. The van der Waals surface area contributed by atoms with E-state index in [0.717, 1.165) is 23.2 Å². The highest BCUT2D eigenvalue weighted by atomic mass is 32.2. The number of hydrogen-bond donors (Lipinski definition) is 1. The van der Waals surface area contributed by atoms with Gasteiger partial charge in [0.2, 0.25) is 5.91 Å². The number of hydrogen-bond acceptors (Lipinski definition) is 4. The van der Waals surface area contributed by atoms with E-state index in [2.05, 4.69) is 17.2 Å². The molecule has 0 aliphatic heterocycles. The summed E-state index contributed by atoms with van der Waals surface area (Å²) in [5.41, 5.74) is 3.55. The molecule has 140 valence electrons. The number of anilines is 1. The maximum Gasteiger partial charge on any atom is 0.261 e. The summed E-state index contributed by atoms with van der Waals surface area (Å²) >= 11 is 1.29. The van der Waals surface area contributed by atoms with E-state index >= 15 is 0 Å². The van der Waals surface area contributed by atoms with E-state index in [1.165, 1.54) is 16.3 Å². The normalized spacial score (nSPS) is 12.1. The van der Waals surface area contributed by atoms with Crippen LogP contribution in [-0.2, 0) is 18.3 Å². The number of rotatable bonds is 5. The summed E-state index contributed by atoms with van der Waals surface area (Å²) in [6, 6.07) is 13.3. The third kappa shape index (κ3) is 3.90. The molecule has 1 amide bonds. The summed E-state index contributed by atoms with van der Waals surface area (Å²) in [5, 5.41) is 3.76. The van der Waals surface area contributed by atoms with Crippen molar-refractivity contribution in [2.24, 2.45) is 7.05 Å². The number of aryl methyl sites for hydroxylation is 2. The third-order valence-corrected chi connectivity index (χ3v) is 5.73. The number of benzene rings is 2.